The van der Waals surface area contributed by atoms with E-state index in [1.54, 1.807) is 18.0 Å². The molecule has 2 heterocycles. The first kappa shape index (κ1) is 18.5. The summed E-state index contributed by atoms with van der Waals surface area (Å²) in [6, 6.07) is 3.95. The van der Waals surface area contributed by atoms with Gasteiger partial charge in [-0.25, -0.2) is 22.8 Å². The van der Waals surface area contributed by atoms with Crippen LogP contribution in [-0.2, 0) is 10.0 Å². The number of benzene rings is 1. The molecule has 0 N–H and O–H groups in total. The van der Waals surface area contributed by atoms with E-state index in [1.165, 1.54) is 22.6 Å². The minimum Gasteiger partial charge on any atom is -0.470 e. The van der Waals surface area contributed by atoms with Gasteiger partial charge in [-0.1, -0.05) is 6.07 Å². The topological polar surface area (TPSA) is 75.6 Å². The fourth-order valence-electron chi connectivity index (χ4n) is 2.76. The largest absolute Gasteiger partial charge is 0.470 e. The van der Waals surface area contributed by atoms with Crippen LogP contribution in [-0.4, -0.2) is 56.0 Å². The highest BCUT2D eigenvalue weighted by atomic mass is 32.2. The Hall–Kier alpha value is -2.26. The fraction of sp³-hybridized carbons (Fsp3) is 0.412. The quantitative estimate of drug-likeness (QED) is 0.788. The summed E-state index contributed by atoms with van der Waals surface area (Å²) in [6.07, 6.45) is 3.28. The van der Waals surface area contributed by atoms with Crippen molar-refractivity contribution in [2.24, 2.45) is 0 Å². The molecule has 7 nitrogen and oxygen atoms in total. The molecule has 3 rings (SSSR count). The van der Waals surface area contributed by atoms with E-state index in [0.29, 0.717) is 30.2 Å². The zero-order chi connectivity index (χ0) is 18.9. The molecule has 0 saturated carbocycles. The molecule has 9 heteroatoms. The molecular weight excluding hydrogens is 359 g/mol. The molecular formula is C17H21FN4O3S. The zero-order valence-electron chi connectivity index (χ0n) is 14.9. The molecule has 1 aliphatic heterocycles. The van der Waals surface area contributed by atoms with Gasteiger partial charge in [-0.3, -0.25) is 0 Å². The third-order valence-corrected chi connectivity index (χ3v) is 6.10. The van der Waals surface area contributed by atoms with Crippen LogP contribution < -0.4 is 9.64 Å². The molecule has 1 aromatic heterocycles. The molecule has 2 aromatic rings. The Balaban J connectivity index is 1.75. The smallest absolute Gasteiger partial charge is 0.257 e. The van der Waals surface area contributed by atoms with Crippen LogP contribution in [0.3, 0.4) is 0 Å². The lowest BCUT2D eigenvalue weighted by molar-refractivity contribution is 0.207. The number of sulfonamides is 1. The van der Waals surface area contributed by atoms with Crippen molar-refractivity contribution in [1.82, 2.24) is 14.3 Å². The number of halogens is 1. The number of nitrogens with zero attached hydrogens (tertiary/aromatic N) is 4. The van der Waals surface area contributed by atoms with Gasteiger partial charge in [-0.15, -0.1) is 0 Å². The molecule has 1 aliphatic rings. The van der Waals surface area contributed by atoms with Gasteiger partial charge in [0.05, 0.1) is 11.4 Å². The maximum atomic E-state index is 13.8. The van der Waals surface area contributed by atoms with Gasteiger partial charge in [0.1, 0.15) is 11.9 Å². The Morgan fingerprint density at radius 3 is 2.69 bits per heavy atom. The van der Waals surface area contributed by atoms with Crippen molar-refractivity contribution in [3.05, 3.63) is 42.0 Å². The lowest BCUT2D eigenvalue weighted by Crippen LogP contribution is -2.31. The van der Waals surface area contributed by atoms with Gasteiger partial charge in [0.2, 0.25) is 10.0 Å². The van der Waals surface area contributed by atoms with Crippen LogP contribution in [0.1, 0.15) is 12.0 Å². The highest BCUT2D eigenvalue weighted by molar-refractivity contribution is 7.89. The third-order valence-electron chi connectivity index (χ3n) is 4.24. The maximum Gasteiger partial charge on any atom is 0.257 e. The number of aryl methyl sites for hydroxylation is 1. The van der Waals surface area contributed by atoms with Crippen LogP contribution >= 0.6 is 0 Å². The maximum absolute atomic E-state index is 13.8. The molecule has 1 saturated heterocycles. The lowest BCUT2D eigenvalue weighted by atomic mass is 10.2. The highest BCUT2D eigenvalue weighted by Gasteiger charge is 2.34. The summed E-state index contributed by atoms with van der Waals surface area (Å²) in [6.45, 7) is 2.08. The van der Waals surface area contributed by atoms with E-state index in [1.807, 2.05) is 14.1 Å². The Morgan fingerprint density at radius 2 is 2.00 bits per heavy atom. The second kappa shape index (κ2) is 7.16. The van der Waals surface area contributed by atoms with E-state index in [2.05, 4.69) is 9.97 Å². The second-order valence-corrected chi connectivity index (χ2v) is 8.32. The minimum atomic E-state index is -3.76. The van der Waals surface area contributed by atoms with Crippen LogP contribution in [0.5, 0.6) is 5.88 Å². The van der Waals surface area contributed by atoms with E-state index in [9.17, 15) is 12.8 Å². The molecule has 1 aromatic carbocycles. The van der Waals surface area contributed by atoms with Crippen molar-refractivity contribution in [3.8, 4) is 5.88 Å². The van der Waals surface area contributed by atoms with Crippen LogP contribution in [0.25, 0.3) is 0 Å². The van der Waals surface area contributed by atoms with E-state index < -0.39 is 15.8 Å². The van der Waals surface area contributed by atoms with Crippen molar-refractivity contribution in [2.75, 3.05) is 32.1 Å². The van der Waals surface area contributed by atoms with E-state index in [0.717, 1.165) is 6.07 Å². The molecule has 1 unspecified atom stereocenters. The first-order chi connectivity index (χ1) is 12.3. The van der Waals surface area contributed by atoms with Crippen molar-refractivity contribution in [2.45, 2.75) is 24.3 Å². The molecule has 1 atom stereocenters. The molecule has 0 amide bonds. The Kier molecular flexibility index (Phi) is 5.10. The summed E-state index contributed by atoms with van der Waals surface area (Å²) in [5.74, 6) is 0.408. The van der Waals surface area contributed by atoms with Crippen molar-refractivity contribution < 1.29 is 17.5 Å². The zero-order valence-corrected chi connectivity index (χ0v) is 15.7. The molecule has 1 fully saturated rings. The first-order valence-corrected chi connectivity index (χ1v) is 9.64. The third kappa shape index (κ3) is 3.63. The minimum absolute atomic E-state index is 0.0465. The second-order valence-electron chi connectivity index (χ2n) is 6.38. The number of rotatable bonds is 5. The van der Waals surface area contributed by atoms with Gasteiger partial charge in [0.25, 0.3) is 5.88 Å². The summed E-state index contributed by atoms with van der Waals surface area (Å²) in [5.41, 5.74) is 0.408. The van der Waals surface area contributed by atoms with E-state index >= 15 is 0 Å². The van der Waals surface area contributed by atoms with Crippen molar-refractivity contribution in [1.29, 1.82) is 0 Å². The predicted octanol–water partition coefficient (Wildman–Crippen LogP) is 1.83. The Morgan fingerprint density at radius 1 is 1.27 bits per heavy atom. The van der Waals surface area contributed by atoms with Crippen molar-refractivity contribution >= 4 is 15.8 Å². The van der Waals surface area contributed by atoms with E-state index in [4.69, 9.17) is 4.74 Å². The lowest BCUT2D eigenvalue weighted by Gasteiger charge is -2.19. The number of anilines is 1. The van der Waals surface area contributed by atoms with Gasteiger partial charge in [-0.05, 0) is 31.0 Å². The molecule has 26 heavy (non-hydrogen) atoms. The monoisotopic (exact) mass is 380 g/mol. The van der Waals surface area contributed by atoms with Gasteiger partial charge in [-0.2, -0.15) is 4.31 Å². The average Bonchev–Trinajstić information content (AvgIpc) is 3.07. The Bertz CT molecular complexity index is 905. The first-order valence-electron chi connectivity index (χ1n) is 8.20. The average molecular weight is 380 g/mol. The molecule has 0 spiro atoms. The summed E-state index contributed by atoms with van der Waals surface area (Å²) < 4.78 is 46.4. The summed E-state index contributed by atoms with van der Waals surface area (Å²) in [4.78, 5) is 10.1. The van der Waals surface area contributed by atoms with Gasteiger partial charge in [0.15, 0.2) is 5.82 Å². The van der Waals surface area contributed by atoms with Gasteiger partial charge < -0.3 is 9.64 Å². The van der Waals surface area contributed by atoms with Crippen LogP contribution in [0.2, 0.25) is 0 Å². The van der Waals surface area contributed by atoms with Crippen LogP contribution in [0.15, 0.2) is 35.5 Å². The Labute approximate surface area is 152 Å². The van der Waals surface area contributed by atoms with Crippen molar-refractivity contribution in [3.63, 3.8) is 0 Å². The standard InChI is InChI=1S/C17H21FN4O3S/c1-12-4-5-14(10-15(12)18)26(23,24)22-9-6-13(11-22)25-17-16(21(2)3)19-7-8-20-17/h4-5,7-8,10,13H,6,9,11H2,1-3H3. The highest BCUT2D eigenvalue weighted by Crippen LogP contribution is 2.27. The van der Waals surface area contributed by atoms with E-state index in [-0.39, 0.29) is 17.5 Å². The number of hydrogen-bond acceptors (Lipinski definition) is 6. The SMILES string of the molecule is Cc1ccc(S(=O)(=O)N2CCC(Oc3nccnc3N(C)C)C2)cc1F. The molecule has 140 valence electrons. The molecule has 0 bridgehead atoms. The predicted molar refractivity (Wildman–Crippen MR) is 95.3 cm³/mol. The summed E-state index contributed by atoms with van der Waals surface area (Å²) in [5, 5.41) is 0. The van der Waals surface area contributed by atoms with Gasteiger partial charge >= 0.3 is 0 Å². The number of ether oxygens (including phenoxy) is 1. The normalized spacial score (nSPS) is 18.1. The number of aromatic nitrogens is 2. The van der Waals surface area contributed by atoms with Crippen LogP contribution in [0, 0.1) is 12.7 Å². The van der Waals surface area contributed by atoms with Gasteiger partial charge in [0, 0.05) is 33.0 Å². The molecule has 0 radical (unpaired) electrons. The summed E-state index contributed by atoms with van der Waals surface area (Å²) >= 11 is 0. The van der Waals surface area contributed by atoms with Crippen LogP contribution in [0.4, 0.5) is 10.2 Å². The molecule has 0 aliphatic carbocycles. The number of hydrogen-bond donors (Lipinski definition) is 0. The fourth-order valence-corrected chi connectivity index (χ4v) is 4.26. The summed E-state index contributed by atoms with van der Waals surface area (Å²) in [7, 11) is -0.108.